The first-order valence-electron chi connectivity index (χ1n) is 6.31. The van der Waals surface area contributed by atoms with Crippen LogP contribution in [0, 0.1) is 11.3 Å². The summed E-state index contributed by atoms with van der Waals surface area (Å²) in [6, 6.07) is 13.7. The molecule has 0 saturated heterocycles. The molecule has 20 heavy (non-hydrogen) atoms. The third-order valence-electron chi connectivity index (χ3n) is 2.98. The Morgan fingerprint density at radius 2 is 2.15 bits per heavy atom. The Labute approximate surface area is 118 Å². The number of anilines is 1. The number of hydrazine groups is 1. The van der Waals surface area contributed by atoms with Crippen LogP contribution in [0.1, 0.15) is 16.7 Å². The summed E-state index contributed by atoms with van der Waals surface area (Å²) in [4.78, 5) is 6.33. The fourth-order valence-corrected chi connectivity index (χ4v) is 2.09. The molecule has 2 aromatic rings. The van der Waals surface area contributed by atoms with Gasteiger partial charge in [-0.05, 0) is 30.8 Å². The van der Waals surface area contributed by atoms with Crippen molar-refractivity contribution in [3.8, 4) is 6.07 Å². The van der Waals surface area contributed by atoms with E-state index >= 15 is 0 Å². The number of hydrogen-bond donors (Lipinski definition) is 2. The second-order valence-corrected chi connectivity index (χ2v) is 4.64. The Hall–Kier alpha value is -2.42. The average molecular weight is 267 g/mol. The molecule has 1 heterocycles. The molecule has 0 unspecified atom stereocenters. The van der Waals surface area contributed by atoms with Gasteiger partial charge in [-0.15, -0.1) is 0 Å². The maximum absolute atomic E-state index is 8.91. The summed E-state index contributed by atoms with van der Waals surface area (Å²) in [6.45, 7) is 1.48. The van der Waals surface area contributed by atoms with Crippen molar-refractivity contribution in [2.45, 2.75) is 13.1 Å². The van der Waals surface area contributed by atoms with Gasteiger partial charge < -0.3 is 5.43 Å². The molecule has 2 rings (SSSR count). The van der Waals surface area contributed by atoms with E-state index in [0.717, 1.165) is 24.2 Å². The zero-order valence-corrected chi connectivity index (χ0v) is 11.4. The van der Waals surface area contributed by atoms with E-state index in [1.165, 1.54) is 0 Å². The molecular formula is C15H17N5. The summed E-state index contributed by atoms with van der Waals surface area (Å²) < 4.78 is 0. The number of nitrogens with two attached hydrogens (primary N) is 1. The van der Waals surface area contributed by atoms with E-state index in [4.69, 9.17) is 11.1 Å². The number of rotatable bonds is 5. The van der Waals surface area contributed by atoms with Gasteiger partial charge in [0.05, 0.1) is 11.6 Å². The van der Waals surface area contributed by atoms with Gasteiger partial charge in [0.1, 0.15) is 5.82 Å². The number of aromatic nitrogens is 1. The van der Waals surface area contributed by atoms with E-state index in [0.29, 0.717) is 11.4 Å². The molecule has 0 aliphatic rings. The van der Waals surface area contributed by atoms with Crippen molar-refractivity contribution in [1.29, 1.82) is 5.26 Å². The molecule has 0 amide bonds. The van der Waals surface area contributed by atoms with Crippen molar-refractivity contribution in [1.82, 2.24) is 9.88 Å². The number of benzene rings is 1. The normalized spacial score (nSPS) is 10.3. The Balaban J connectivity index is 2.05. The maximum Gasteiger partial charge on any atom is 0.144 e. The van der Waals surface area contributed by atoms with Gasteiger partial charge in [0.2, 0.25) is 0 Å². The summed E-state index contributed by atoms with van der Waals surface area (Å²) in [5.41, 5.74) is 5.43. The van der Waals surface area contributed by atoms with Crippen molar-refractivity contribution in [2.75, 3.05) is 12.5 Å². The molecule has 1 aromatic heterocycles. The van der Waals surface area contributed by atoms with Crippen LogP contribution in [0.4, 0.5) is 5.82 Å². The number of nitrogens with one attached hydrogen (secondary N) is 1. The van der Waals surface area contributed by atoms with Crippen LogP contribution in [0.2, 0.25) is 0 Å². The van der Waals surface area contributed by atoms with Crippen LogP contribution in [-0.4, -0.2) is 16.9 Å². The van der Waals surface area contributed by atoms with E-state index in [1.807, 2.05) is 37.4 Å². The fraction of sp³-hybridized carbons (Fsp3) is 0.200. The van der Waals surface area contributed by atoms with Crippen LogP contribution in [0.5, 0.6) is 0 Å². The van der Waals surface area contributed by atoms with Crippen LogP contribution >= 0.6 is 0 Å². The van der Waals surface area contributed by atoms with E-state index in [9.17, 15) is 0 Å². The molecule has 0 radical (unpaired) electrons. The Kier molecular flexibility index (Phi) is 4.66. The minimum absolute atomic E-state index is 0.682. The first kappa shape index (κ1) is 14.0. The largest absolute Gasteiger partial charge is 0.308 e. The molecule has 5 nitrogen and oxygen atoms in total. The van der Waals surface area contributed by atoms with Crippen LogP contribution in [0.25, 0.3) is 0 Å². The van der Waals surface area contributed by atoms with E-state index in [2.05, 4.69) is 21.4 Å². The lowest BCUT2D eigenvalue weighted by atomic mass is 10.1. The zero-order valence-electron chi connectivity index (χ0n) is 11.4. The first-order valence-corrected chi connectivity index (χ1v) is 6.31. The SMILES string of the molecule is CN(Cc1cccc(C#N)c1)Cc1cccnc1NN. The minimum atomic E-state index is 0.682. The van der Waals surface area contributed by atoms with Crippen LogP contribution in [-0.2, 0) is 13.1 Å². The molecule has 0 aliphatic carbocycles. The smallest absolute Gasteiger partial charge is 0.144 e. The maximum atomic E-state index is 8.91. The van der Waals surface area contributed by atoms with Crippen LogP contribution < -0.4 is 11.3 Å². The van der Waals surface area contributed by atoms with E-state index in [-0.39, 0.29) is 0 Å². The molecule has 3 N–H and O–H groups in total. The highest BCUT2D eigenvalue weighted by atomic mass is 15.3. The molecule has 0 fully saturated rings. The lowest BCUT2D eigenvalue weighted by Gasteiger charge is -2.18. The van der Waals surface area contributed by atoms with Crippen molar-refractivity contribution >= 4 is 5.82 Å². The fourth-order valence-electron chi connectivity index (χ4n) is 2.09. The van der Waals surface area contributed by atoms with Gasteiger partial charge in [0.25, 0.3) is 0 Å². The number of nitrogens with zero attached hydrogens (tertiary/aromatic N) is 3. The van der Waals surface area contributed by atoms with Gasteiger partial charge in [0, 0.05) is 24.8 Å². The van der Waals surface area contributed by atoms with Gasteiger partial charge in [-0.25, -0.2) is 10.8 Å². The van der Waals surface area contributed by atoms with Gasteiger partial charge in [-0.3, -0.25) is 4.90 Å². The van der Waals surface area contributed by atoms with Crippen LogP contribution in [0.3, 0.4) is 0 Å². The predicted molar refractivity (Wildman–Crippen MR) is 78.4 cm³/mol. The molecule has 0 aliphatic heterocycles. The van der Waals surface area contributed by atoms with Gasteiger partial charge in [-0.1, -0.05) is 18.2 Å². The molecule has 0 bridgehead atoms. The van der Waals surface area contributed by atoms with Gasteiger partial charge >= 0.3 is 0 Å². The summed E-state index contributed by atoms with van der Waals surface area (Å²) in [5.74, 6) is 6.14. The highest BCUT2D eigenvalue weighted by molar-refractivity contribution is 5.42. The quantitative estimate of drug-likeness (QED) is 0.638. The summed E-state index contributed by atoms with van der Waals surface area (Å²) in [5, 5.41) is 8.91. The standard InChI is InChI=1S/C15H17N5/c1-20(10-13-5-2-4-12(8-13)9-16)11-14-6-3-7-18-15(14)19-17/h2-8H,10-11,17H2,1H3,(H,18,19). The third-order valence-corrected chi connectivity index (χ3v) is 2.98. The molecule has 1 aromatic carbocycles. The average Bonchev–Trinajstić information content (AvgIpc) is 2.48. The van der Waals surface area contributed by atoms with Crippen LogP contribution in [0.15, 0.2) is 42.6 Å². The van der Waals surface area contributed by atoms with Gasteiger partial charge in [0.15, 0.2) is 0 Å². The van der Waals surface area contributed by atoms with Crippen molar-refractivity contribution in [2.24, 2.45) is 5.84 Å². The molecule has 102 valence electrons. The highest BCUT2D eigenvalue weighted by Gasteiger charge is 2.06. The van der Waals surface area contributed by atoms with Crippen molar-refractivity contribution < 1.29 is 0 Å². The highest BCUT2D eigenvalue weighted by Crippen LogP contribution is 2.14. The Morgan fingerprint density at radius 3 is 2.90 bits per heavy atom. The summed E-state index contributed by atoms with van der Waals surface area (Å²) >= 11 is 0. The van der Waals surface area contributed by atoms with E-state index in [1.54, 1.807) is 12.3 Å². The topological polar surface area (TPSA) is 78.0 Å². The lowest BCUT2D eigenvalue weighted by Crippen LogP contribution is -2.20. The monoisotopic (exact) mass is 267 g/mol. The van der Waals surface area contributed by atoms with Crippen molar-refractivity contribution in [3.63, 3.8) is 0 Å². The molecule has 0 atom stereocenters. The summed E-state index contributed by atoms with van der Waals surface area (Å²) in [7, 11) is 2.02. The molecule has 5 heteroatoms. The van der Waals surface area contributed by atoms with E-state index < -0.39 is 0 Å². The first-order chi connectivity index (χ1) is 9.72. The number of nitrogen functional groups attached to an aromatic ring is 1. The third kappa shape index (κ3) is 3.54. The molecular weight excluding hydrogens is 250 g/mol. The zero-order chi connectivity index (χ0) is 14.4. The molecule has 0 saturated carbocycles. The lowest BCUT2D eigenvalue weighted by molar-refractivity contribution is 0.319. The Morgan fingerprint density at radius 1 is 1.30 bits per heavy atom. The second-order valence-electron chi connectivity index (χ2n) is 4.64. The Bertz CT molecular complexity index is 618. The second kappa shape index (κ2) is 6.66. The number of nitriles is 1. The number of pyridine rings is 1. The van der Waals surface area contributed by atoms with Gasteiger partial charge in [-0.2, -0.15) is 5.26 Å². The number of hydrogen-bond acceptors (Lipinski definition) is 5. The van der Waals surface area contributed by atoms with Crippen molar-refractivity contribution in [3.05, 3.63) is 59.3 Å². The minimum Gasteiger partial charge on any atom is -0.308 e. The molecule has 0 spiro atoms. The predicted octanol–water partition coefficient (Wildman–Crippen LogP) is 1.87. The summed E-state index contributed by atoms with van der Waals surface area (Å²) in [6.07, 6.45) is 1.70.